The van der Waals surface area contributed by atoms with Crippen LogP contribution in [0, 0.1) is 0 Å². The lowest BCUT2D eigenvalue weighted by molar-refractivity contribution is 0.668. The highest BCUT2D eigenvalue weighted by Gasteiger charge is 2.41. The first-order valence-electron chi connectivity index (χ1n) is 17.4. The van der Waals surface area contributed by atoms with E-state index in [1.807, 2.05) is 0 Å². The zero-order chi connectivity index (χ0) is 33.8. The minimum atomic E-state index is -2.67. The fraction of sp³-hybridized carbons (Fsp3) is 0. The number of aromatic nitrogens is 2. The van der Waals surface area contributed by atoms with Gasteiger partial charge in [-0.1, -0.05) is 158 Å². The zero-order valence-corrected chi connectivity index (χ0v) is 28.8. The maximum atomic E-state index is 6.38. The molecule has 0 saturated carbocycles. The molecule has 0 radical (unpaired) electrons. The predicted octanol–water partition coefficient (Wildman–Crippen LogP) is 9.12. The minimum absolute atomic E-state index is 0.782. The SMILES string of the molecule is c1ccc([Si](c2ccccc2)(c2ccccc2)c2cccc(-c3ccc4oc5ccc(-n6c7ccccc7c7ccccc76)nc5c4c3)c2)cc1. The van der Waals surface area contributed by atoms with Crippen LogP contribution in [0.25, 0.3) is 60.8 Å². The number of benzene rings is 7. The molecule has 7 aromatic carbocycles. The van der Waals surface area contributed by atoms with Gasteiger partial charge in [-0.25, -0.2) is 4.98 Å². The highest BCUT2D eigenvalue weighted by Crippen LogP contribution is 2.35. The Labute approximate surface area is 296 Å². The molecule has 3 heterocycles. The fourth-order valence-corrected chi connectivity index (χ4v) is 12.9. The van der Waals surface area contributed by atoms with E-state index in [1.165, 1.54) is 37.1 Å². The topological polar surface area (TPSA) is 31.0 Å². The Balaban J connectivity index is 1.16. The molecule has 10 rings (SSSR count). The lowest BCUT2D eigenvalue weighted by Gasteiger charge is -2.34. The van der Waals surface area contributed by atoms with Crippen molar-refractivity contribution in [3.63, 3.8) is 0 Å². The Morgan fingerprint density at radius 3 is 1.51 bits per heavy atom. The summed E-state index contributed by atoms with van der Waals surface area (Å²) in [6.07, 6.45) is 0. The van der Waals surface area contributed by atoms with Crippen LogP contribution in [0.1, 0.15) is 0 Å². The molecule has 51 heavy (non-hydrogen) atoms. The van der Waals surface area contributed by atoms with Crippen molar-refractivity contribution in [2.75, 3.05) is 0 Å². The van der Waals surface area contributed by atoms with Crippen LogP contribution in [0.5, 0.6) is 0 Å². The molecule has 240 valence electrons. The van der Waals surface area contributed by atoms with Gasteiger partial charge in [-0.15, -0.1) is 0 Å². The van der Waals surface area contributed by atoms with Crippen molar-refractivity contribution < 1.29 is 4.42 Å². The Morgan fingerprint density at radius 1 is 0.392 bits per heavy atom. The summed E-state index contributed by atoms with van der Waals surface area (Å²) < 4.78 is 8.64. The van der Waals surface area contributed by atoms with Gasteiger partial charge >= 0.3 is 0 Å². The van der Waals surface area contributed by atoms with Crippen LogP contribution in [0.4, 0.5) is 0 Å². The van der Waals surface area contributed by atoms with Gasteiger partial charge in [0.1, 0.15) is 16.9 Å². The third-order valence-corrected chi connectivity index (χ3v) is 15.1. The van der Waals surface area contributed by atoms with E-state index in [4.69, 9.17) is 9.40 Å². The number of nitrogens with zero attached hydrogens (tertiary/aromatic N) is 2. The van der Waals surface area contributed by atoms with Crippen molar-refractivity contribution in [2.24, 2.45) is 0 Å². The predicted molar refractivity (Wildman–Crippen MR) is 215 cm³/mol. The first kappa shape index (κ1) is 29.4. The second-order valence-corrected chi connectivity index (χ2v) is 16.9. The summed E-state index contributed by atoms with van der Waals surface area (Å²) in [5, 5.41) is 8.86. The lowest BCUT2D eigenvalue weighted by Crippen LogP contribution is -2.74. The third kappa shape index (κ3) is 4.61. The monoisotopic (exact) mass is 668 g/mol. The Bertz CT molecular complexity index is 2710. The molecule has 10 aromatic rings. The van der Waals surface area contributed by atoms with Crippen LogP contribution in [0.15, 0.2) is 199 Å². The maximum absolute atomic E-state index is 6.38. The van der Waals surface area contributed by atoms with Gasteiger partial charge in [0.05, 0.1) is 11.0 Å². The second-order valence-electron chi connectivity index (χ2n) is 13.1. The molecule has 0 N–H and O–H groups in total. The Morgan fingerprint density at radius 2 is 0.902 bits per heavy atom. The quantitative estimate of drug-likeness (QED) is 0.131. The van der Waals surface area contributed by atoms with Gasteiger partial charge in [0.25, 0.3) is 0 Å². The average molecular weight is 669 g/mol. The molecule has 0 unspecified atom stereocenters. The smallest absolute Gasteiger partial charge is 0.179 e. The standard InChI is InChI=1S/C47H32N2OSi/c1-4-16-35(17-5-1)51(36-18-6-2-7-19-36,37-20-8-3-9-21-37)38-22-14-15-33(31-38)34-27-28-44-41(32-34)47-45(50-44)29-30-46(48-47)49-42-25-12-10-23-39(42)40-24-11-13-26-43(40)49/h1-32H. The summed E-state index contributed by atoms with van der Waals surface area (Å²) in [5.74, 6) is 0.874. The molecule has 3 nitrogen and oxygen atoms in total. The summed E-state index contributed by atoms with van der Waals surface area (Å²) in [7, 11) is -2.67. The summed E-state index contributed by atoms with van der Waals surface area (Å²) in [4.78, 5) is 5.29. The van der Waals surface area contributed by atoms with Gasteiger partial charge in [-0.3, -0.25) is 4.57 Å². The van der Waals surface area contributed by atoms with E-state index in [9.17, 15) is 0 Å². The van der Waals surface area contributed by atoms with E-state index < -0.39 is 8.07 Å². The largest absolute Gasteiger partial charge is 0.454 e. The molecule has 4 heteroatoms. The molecule has 0 spiro atoms. The van der Waals surface area contributed by atoms with Gasteiger partial charge < -0.3 is 4.42 Å². The molecule has 0 aliphatic carbocycles. The zero-order valence-electron chi connectivity index (χ0n) is 27.8. The van der Waals surface area contributed by atoms with Crippen molar-refractivity contribution in [1.29, 1.82) is 0 Å². The van der Waals surface area contributed by atoms with Crippen LogP contribution >= 0.6 is 0 Å². The summed E-state index contributed by atoms with van der Waals surface area (Å²) in [6, 6.07) is 70.1. The highest BCUT2D eigenvalue weighted by molar-refractivity contribution is 7.19. The molecular formula is C47H32N2OSi. The van der Waals surface area contributed by atoms with Crippen LogP contribution < -0.4 is 20.7 Å². The summed E-state index contributed by atoms with van der Waals surface area (Å²) in [6.45, 7) is 0. The van der Waals surface area contributed by atoms with Gasteiger partial charge in [0.15, 0.2) is 13.7 Å². The number of hydrogen-bond donors (Lipinski definition) is 0. The molecule has 0 fully saturated rings. The van der Waals surface area contributed by atoms with Gasteiger partial charge in [0, 0.05) is 16.2 Å². The van der Waals surface area contributed by atoms with Gasteiger partial charge in [-0.05, 0) is 68.3 Å². The van der Waals surface area contributed by atoms with Crippen molar-refractivity contribution in [3.05, 3.63) is 194 Å². The van der Waals surface area contributed by atoms with Crippen molar-refractivity contribution >= 4 is 72.7 Å². The van der Waals surface area contributed by atoms with E-state index in [2.05, 4.69) is 199 Å². The van der Waals surface area contributed by atoms with Crippen LogP contribution in [-0.4, -0.2) is 17.6 Å². The fourth-order valence-electron chi connectivity index (χ4n) is 8.10. The first-order valence-corrected chi connectivity index (χ1v) is 19.4. The van der Waals surface area contributed by atoms with Gasteiger partial charge in [0.2, 0.25) is 0 Å². The molecular weight excluding hydrogens is 637 g/mol. The minimum Gasteiger partial charge on any atom is -0.454 e. The molecule has 0 amide bonds. The van der Waals surface area contributed by atoms with Gasteiger partial charge in [-0.2, -0.15) is 0 Å². The molecule has 0 saturated heterocycles. The number of fused-ring (bicyclic) bond motifs is 6. The van der Waals surface area contributed by atoms with E-state index in [0.717, 1.165) is 44.5 Å². The van der Waals surface area contributed by atoms with Crippen molar-refractivity contribution in [1.82, 2.24) is 9.55 Å². The molecule has 0 aliphatic rings. The molecule has 3 aromatic heterocycles. The first-order chi connectivity index (χ1) is 25.3. The van der Waals surface area contributed by atoms with Crippen LogP contribution in [0.3, 0.4) is 0 Å². The van der Waals surface area contributed by atoms with E-state index >= 15 is 0 Å². The molecule has 0 bridgehead atoms. The number of para-hydroxylation sites is 2. The van der Waals surface area contributed by atoms with E-state index in [0.29, 0.717) is 0 Å². The molecule has 0 aliphatic heterocycles. The molecule has 0 atom stereocenters. The van der Waals surface area contributed by atoms with Crippen LogP contribution in [0.2, 0.25) is 0 Å². The number of hydrogen-bond acceptors (Lipinski definition) is 2. The summed E-state index contributed by atoms with van der Waals surface area (Å²) >= 11 is 0. The third-order valence-electron chi connectivity index (χ3n) is 10.4. The second kappa shape index (κ2) is 11.8. The van der Waals surface area contributed by atoms with Crippen molar-refractivity contribution in [2.45, 2.75) is 0 Å². The lowest BCUT2D eigenvalue weighted by atomic mass is 10.0. The Hall–Kier alpha value is -6.49. The number of furan rings is 1. The highest BCUT2D eigenvalue weighted by atomic mass is 28.3. The number of rotatable bonds is 6. The number of pyridine rings is 1. The van der Waals surface area contributed by atoms with E-state index in [-0.39, 0.29) is 0 Å². The Kier molecular flexibility index (Phi) is 6.83. The van der Waals surface area contributed by atoms with Crippen molar-refractivity contribution in [3.8, 4) is 16.9 Å². The maximum Gasteiger partial charge on any atom is 0.179 e. The van der Waals surface area contributed by atoms with E-state index in [1.54, 1.807) is 0 Å². The van der Waals surface area contributed by atoms with Crippen LogP contribution in [-0.2, 0) is 0 Å². The average Bonchev–Trinajstić information content (AvgIpc) is 3.74. The summed E-state index contributed by atoms with van der Waals surface area (Å²) in [5.41, 5.74) is 7.05. The normalized spacial score (nSPS) is 11.9.